The molecule has 5 nitrogen and oxygen atoms in total. The van der Waals surface area contributed by atoms with E-state index < -0.39 is 0 Å². The highest BCUT2D eigenvalue weighted by Gasteiger charge is 2.26. The highest BCUT2D eigenvalue weighted by molar-refractivity contribution is 5.96. The molecule has 2 aliphatic rings. The third kappa shape index (κ3) is 4.84. The van der Waals surface area contributed by atoms with Crippen molar-refractivity contribution in [1.82, 2.24) is 4.90 Å². The van der Waals surface area contributed by atoms with Gasteiger partial charge in [-0.25, -0.2) is 0 Å². The Kier molecular flexibility index (Phi) is 6.36. The molecular weight excluding hydrogens is 374 g/mol. The Hall–Kier alpha value is -2.82. The number of hydrogen-bond donors (Lipinski definition) is 1. The number of nitrogens with one attached hydrogen (secondary N) is 1. The van der Waals surface area contributed by atoms with Gasteiger partial charge >= 0.3 is 0 Å². The molecule has 0 saturated carbocycles. The molecule has 0 spiro atoms. The highest BCUT2D eigenvalue weighted by atomic mass is 16.2. The van der Waals surface area contributed by atoms with E-state index in [0.717, 1.165) is 29.9 Å². The predicted molar refractivity (Wildman–Crippen MR) is 120 cm³/mol. The molecule has 1 saturated heterocycles. The van der Waals surface area contributed by atoms with Crippen molar-refractivity contribution in [3.8, 4) is 0 Å². The third-order valence-electron chi connectivity index (χ3n) is 6.32. The summed E-state index contributed by atoms with van der Waals surface area (Å²) in [5, 5.41) is 2.97. The molecule has 4 rings (SSSR count). The Balaban J connectivity index is 1.27. The van der Waals surface area contributed by atoms with E-state index >= 15 is 0 Å². The van der Waals surface area contributed by atoms with E-state index in [0.29, 0.717) is 25.8 Å². The number of rotatable bonds is 6. The lowest BCUT2D eigenvalue weighted by molar-refractivity contribution is -0.131. The lowest BCUT2D eigenvalue weighted by Gasteiger charge is -2.29. The van der Waals surface area contributed by atoms with Crippen molar-refractivity contribution in [2.45, 2.75) is 45.1 Å². The van der Waals surface area contributed by atoms with E-state index in [9.17, 15) is 9.59 Å². The van der Waals surface area contributed by atoms with Gasteiger partial charge in [0.05, 0.1) is 0 Å². The Morgan fingerprint density at radius 3 is 2.57 bits per heavy atom. The number of amides is 2. The average Bonchev–Trinajstić information content (AvgIpc) is 2.78. The summed E-state index contributed by atoms with van der Waals surface area (Å²) >= 11 is 0. The Bertz CT molecular complexity index is 888. The minimum absolute atomic E-state index is 0.0254. The van der Waals surface area contributed by atoms with Gasteiger partial charge in [-0.3, -0.25) is 9.59 Å². The summed E-state index contributed by atoms with van der Waals surface area (Å²) in [5.41, 5.74) is 4.46. The zero-order valence-electron chi connectivity index (χ0n) is 17.8. The van der Waals surface area contributed by atoms with Crippen molar-refractivity contribution >= 4 is 23.2 Å². The van der Waals surface area contributed by atoms with Crippen LogP contribution in [-0.2, 0) is 22.6 Å². The maximum absolute atomic E-state index is 12.6. The fourth-order valence-corrected chi connectivity index (χ4v) is 4.46. The lowest BCUT2D eigenvalue weighted by atomic mass is 9.89. The summed E-state index contributed by atoms with van der Waals surface area (Å²) in [6.07, 6.45) is 5.54. The first-order valence-corrected chi connectivity index (χ1v) is 11.1. The van der Waals surface area contributed by atoms with E-state index in [4.69, 9.17) is 0 Å². The molecule has 0 aromatic heterocycles. The van der Waals surface area contributed by atoms with Crippen LogP contribution in [0.2, 0.25) is 0 Å². The molecule has 1 fully saturated rings. The highest BCUT2D eigenvalue weighted by Crippen LogP contribution is 2.28. The van der Waals surface area contributed by atoms with Crippen LogP contribution in [0.4, 0.5) is 11.4 Å². The first kappa shape index (κ1) is 20.5. The van der Waals surface area contributed by atoms with Gasteiger partial charge in [0.15, 0.2) is 0 Å². The van der Waals surface area contributed by atoms with Gasteiger partial charge in [-0.2, -0.15) is 0 Å². The molecule has 1 N–H and O–H groups in total. The van der Waals surface area contributed by atoms with Crippen LogP contribution in [0.3, 0.4) is 0 Å². The predicted octanol–water partition coefficient (Wildman–Crippen LogP) is 4.23. The number of piperidine rings is 1. The Labute approximate surface area is 179 Å². The third-order valence-corrected chi connectivity index (χ3v) is 6.32. The zero-order chi connectivity index (χ0) is 20.9. The molecule has 0 bridgehead atoms. The quantitative estimate of drug-likeness (QED) is 0.783. The number of carbonyl (C=O) groups is 2. The van der Waals surface area contributed by atoms with Crippen LogP contribution in [0.25, 0.3) is 0 Å². The van der Waals surface area contributed by atoms with Crippen LogP contribution in [0.1, 0.15) is 43.2 Å². The molecule has 2 aromatic rings. The molecule has 30 heavy (non-hydrogen) atoms. The Morgan fingerprint density at radius 2 is 1.80 bits per heavy atom. The van der Waals surface area contributed by atoms with Crippen molar-refractivity contribution < 1.29 is 9.59 Å². The van der Waals surface area contributed by atoms with Crippen LogP contribution in [-0.4, -0.2) is 36.9 Å². The number of nitrogens with zero attached hydrogens (tertiary/aromatic N) is 2. The maximum Gasteiger partial charge on any atom is 0.227 e. The van der Waals surface area contributed by atoms with Crippen molar-refractivity contribution in [1.29, 1.82) is 0 Å². The number of hydrogen-bond acceptors (Lipinski definition) is 3. The van der Waals surface area contributed by atoms with Gasteiger partial charge in [-0.1, -0.05) is 30.3 Å². The van der Waals surface area contributed by atoms with Crippen LogP contribution in [0, 0.1) is 5.92 Å². The summed E-state index contributed by atoms with van der Waals surface area (Å²) < 4.78 is 0. The summed E-state index contributed by atoms with van der Waals surface area (Å²) in [7, 11) is 1.84. The number of fused-ring (bicyclic) bond motifs is 1. The van der Waals surface area contributed by atoms with Gasteiger partial charge in [0.2, 0.25) is 11.8 Å². The van der Waals surface area contributed by atoms with Crippen molar-refractivity contribution in [3.63, 3.8) is 0 Å². The van der Waals surface area contributed by atoms with Gasteiger partial charge in [0, 0.05) is 50.4 Å². The van der Waals surface area contributed by atoms with E-state index in [2.05, 4.69) is 34.5 Å². The topological polar surface area (TPSA) is 52.6 Å². The lowest BCUT2D eigenvalue weighted by Crippen LogP contribution is -2.32. The molecule has 1 unspecified atom stereocenters. The normalized spacial score (nSPS) is 18.5. The van der Waals surface area contributed by atoms with Gasteiger partial charge in [0.1, 0.15) is 0 Å². The fraction of sp³-hybridized carbons (Fsp3) is 0.440. The average molecular weight is 406 g/mol. The molecule has 2 heterocycles. The van der Waals surface area contributed by atoms with Crippen molar-refractivity contribution in [3.05, 3.63) is 59.7 Å². The van der Waals surface area contributed by atoms with Crippen LogP contribution in [0.15, 0.2) is 48.5 Å². The largest absolute Gasteiger partial charge is 0.372 e. The summed E-state index contributed by atoms with van der Waals surface area (Å²) in [5.74, 6) is -0.0275. The minimum atomic E-state index is -0.138. The standard InChI is InChI=1S/C25H31N3O2/c1-27(18-19-9-12-22(13-10-19)28-15-5-2-6-16-28)24(29)14-11-21-17-20-7-3-4-8-23(20)26-25(21)30/h3-4,7-10,12-13,21H,2,5-6,11,14-18H2,1H3,(H,26,30). The second-order valence-corrected chi connectivity index (χ2v) is 8.55. The van der Waals surface area contributed by atoms with Crippen LogP contribution >= 0.6 is 0 Å². The number of anilines is 2. The molecular formula is C25H31N3O2. The molecule has 2 aliphatic heterocycles. The summed E-state index contributed by atoms with van der Waals surface area (Å²) in [4.78, 5) is 29.2. The van der Waals surface area contributed by atoms with Crippen molar-refractivity contribution in [2.24, 2.45) is 5.92 Å². The van der Waals surface area contributed by atoms with Gasteiger partial charge in [-0.15, -0.1) is 0 Å². The van der Waals surface area contributed by atoms with E-state index in [-0.39, 0.29) is 17.7 Å². The summed E-state index contributed by atoms with van der Waals surface area (Å²) in [6.45, 7) is 2.87. The minimum Gasteiger partial charge on any atom is -0.372 e. The first-order valence-electron chi connectivity index (χ1n) is 11.1. The van der Waals surface area contributed by atoms with Crippen LogP contribution < -0.4 is 10.2 Å². The molecule has 5 heteroatoms. The van der Waals surface area contributed by atoms with E-state index in [1.165, 1.54) is 24.9 Å². The SMILES string of the molecule is CN(Cc1ccc(N2CCCCC2)cc1)C(=O)CCC1Cc2ccccc2NC1=O. The van der Waals surface area contributed by atoms with Crippen molar-refractivity contribution in [2.75, 3.05) is 30.4 Å². The van der Waals surface area contributed by atoms with Gasteiger partial charge < -0.3 is 15.1 Å². The molecule has 0 aliphatic carbocycles. The van der Waals surface area contributed by atoms with Crippen LogP contribution in [0.5, 0.6) is 0 Å². The van der Waals surface area contributed by atoms with E-state index in [1.807, 2.05) is 31.3 Å². The number of benzene rings is 2. The zero-order valence-corrected chi connectivity index (χ0v) is 17.8. The molecule has 0 radical (unpaired) electrons. The molecule has 2 amide bonds. The van der Waals surface area contributed by atoms with Gasteiger partial charge in [-0.05, 0) is 61.4 Å². The summed E-state index contributed by atoms with van der Waals surface area (Å²) in [6, 6.07) is 16.5. The monoisotopic (exact) mass is 405 g/mol. The molecule has 158 valence electrons. The number of carbonyl (C=O) groups excluding carboxylic acids is 2. The smallest absolute Gasteiger partial charge is 0.227 e. The maximum atomic E-state index is 12.6. The molecule has 1 atom stereocenters. The molecule has 2 aromatic carbocycles. The Morgan fingerprint density at radius 1 is 1.07 bits per heavy atom. The second-order valence-electron chi connectivity index (χ2n) is 8.55. The second kappa shape index (κ2) is 9.33. The van der Waals surface area contributed by atoms with Gasteiger partial charge in [0.25, 0.3) is 0 Å². The number of para-hydroxylation sites is 1. The fourth-order valence-electron chi connectivity index (χ4n) is 4.46. The first-order chi connectivity index (χ1) is 14.6. The van der Waals surface area contributed by atoms with E-state index in [1.54, 1.807) is 4.90 Å².